The number of carbonyl (C=O) groups excluding carboxylic acids is 1. The number of aryl methyl sites for hydroxylation is 1. The number of rotatable bonds is 6. The lowest BCUT2D eigenvalue weighted by Gasteiger charge is -2.12. The number of hydrogen-bond donors (Lipinski definition) is 1. The highest BCUT2D eigenvalue weighted by Gasteiger charge is 2.15. The highest BCUT2D eigenvalue weighted by atomic mass is 16.5. The molecule has 2 aromatic carbocycles. The second kappa shape index (κ2) is 8.31. The minimum Gasteiger partial charge on any atom is -0.497 e. The maximum Gasteiger partial charge on any atom is 0.264 e. The number of carbonyl (C=O) groups is 1. The van der Waals surface area contributed by atoms with Gasteiger partial charge in [0.05, 0.1) is 31.8 Å². The summed E-state index contributed by atoms with van der Waals surface area (Å²) in [5.41, 5.74) is 2.44. The zero-order valence-corrected chi connectivity index (χ0v) is 17.3. The van der Waals surface area contributed by atoms with Crippen LogP contribution in [0.2, 0.25) is 0 Å². The second-order valence-corrected chi connectivity index (χ2v) is 6.92. The fourth-order valence-corrected chi connectivity index (χ4v) is 3.19. The molecule has 0 unspecified atom stereocenters. The maximum atomic E-state index is 12.9. The lowest BCUT2D eigenvalue weighted by Crippen LogP contribution is -2.28. The third kappa shape index (κ3) is 3.97. The molecule has 2 heterocycles. The normalized spacial score (nSPS) is 10.8. The van der Waals surface area contributed by atoms with Crippen molar-refractivity contribution in [2.45, 2.75) is 13.5 Å². The first kappa shape index (κ1) is 20.1. The Morgan fingerprint density at radius 3 is 2.58 bits per heavy atom. The van der Waals surface area contributed by atoms with Crippen molar-refractivity contribution in [2.75, 3.05) is 19.5 Å². The number of aromatic nitrogens is 4. The molecule has 1 N–H and O–H groups in total. The van der Waals surface area contributed by atoms with Gasteiger partial charge in [-0.2, -0.15) is 5.10 Å². The first-order valence-corrected chi connectivity index (χ1v) is 9.52. The summed E-state index contributed by atoms with van der Waals surface area (Å²) in [6.07, 6.45) is 2.81. The molecule has 31 heavy (non-hydrogen) atoms. The molecule has 9 heteroatoms. The van der Waals surface area contributed by atoms with Crippen molar-refractivity contribution >= 4 is 22.6 Å². The predicted molar refractivity (Wildman–Crippen MR) is 116 cm³/mol. The molecule has 0 bridgehead atoms. The molecule has 0 saturated carbocycles. The Morgan fingerprint density at radius 1 is 1.10 bits per heavy atom. The minimum absolute atomic E-state index is 0.210. The number of nitrogens with zero attached hydrogens (tertiary/aromatic N) is 4. The molecule has 4 aromatic rings. The molecular weight excluding hydrogens is 398 g/mol. The van der Waals surface area contributed by atoms with Crippen molar-refractivity contribution in [1.82, 2.24) is 19.3 Å². The van der Waals surface area contributed by atoms with E-state index < -0.39 is 5.91 Å². The summed E-state index contributed by atoms with van der Waals surface area (Å²) in [5, 5.41) is 7.37. The summed E-state index contributed by atoms with van der Waals surface area (Å²) >= 11 is 0. The Morgan fingerprint density at radius 2 is 1.87 bits per heavy atom. The number of hydrogen-bond acceptors (Lipinski definition) is 6. The molecule has 1 amide bonds. The topological polar surface area (TPSA) is 100 Å². The highest BCUT2D eigenvalue weighted by molar-refractivity contribution is 5.92. The fraction of sp³-hybridized carbons (Fsp3) is 0.182. The summed E-state index contributed by atoms with van der Waals surface area (Å²) in [4.78, 5) is 29.8. The fourth-order valence-electron chi connectivity index (χ4n) is 3.19. The Labute approximate surface area is 177 Å². The minimum atomic E-state index is -0.402. The summed E-state index contributed by atoms with van der Waals surface area (Å²) in [6, 6.07) is 12.8. The van der Waals surface area contributed by atoms with Gasteiger partial charge in [-0.1, -0.05) is 17.7 Å². The molecular formula is C22H21N5O4. The van der Waals surface area contributed by atoms with Crippen LogP contribution < -0.4 is 20.3 Å². The van der Waals surface area contributed by atoms with Crippen molar-refractivity contribution in [3.05, 3.63) is 70.9 Å². The molecule has 0 aliphatic heterocycles. The lowest BCUT2D eigenvalue weighted by molar-refractivity contribution is -0.116. The van der Waals surface area contributed by atoms with Crippen LogP contribution in [0.4, 0.5) is 5.69 Å². The summed E-state index contributed by atoms with van der Waals surface area (Å²) in [5.74, 6) is 0.648. The van der Waals surface area contributed by atoms with Crippen LogP contribution in [0.3, 0.4) is 0 Å². The van der Waals surface area contributed by atoms with Gasteiger partial charge in [0, 0.05) is 6.07 Å². The summed E-state index contributed by atoms with van der Waals surface area (Å²) < 4.78 is 13.3. The van der Waals surface area contributed by atoms with Crippen LogP contribution in [-0.2, 0) is 11.3 Å². The van der Waals surface area contributed by atoms with Gasteiger partial charge in [-0.05, 0) is 31.2 Å². The Balaban J connectivity index is 1.60. The third-order valence-corrected chi connectivity index (χ3v) is 4.83. The van der Waals surface area contributed by atoms with Crippen LogP contribution in [0.1, 0.15) is 5.56 Å². The Hall–Kier alpha value is -4.14. The van der Waals surface area contributed by atoms with Crippen LogP contribution in [-0.4, -0.2) is 39.5 Å². The molecule has 0 atom stereocenters. The Bertz CT molecular complexity index is 1310. The molecule has 158 valence electrons. The van der Waals surface area contributed by atoms with Gasteiger partial charge < -0.3 is 14.8 Å². The first-order chi connectivity index (χ1) is 15.0. The SMILES string of the molecule is COc1ccc(OC)c(NC(=O)Cn2cnc3c(cnn3-c3ccc(C)cc3)c2=O)c1. The maximum absolute atomic E-state index is 12.9. The van der Waals surface area contributed by atoms with Crippen molar-refractivity contribution in [2.24, 2.45) is 0 Å². The molecule has 2 aromatic heterocycles. The van der Waals surface area contributed by atoms with Crippen molar-refractivity contribution < 1.29 is 14.3 Å². The van der Waals surface area contributed by atoms with Gasteiger partial charge in [-0.25, -0.2) is 9.67 Å². The van der Waals surface area contributed by atoms with Crippen molar-refractivity contribution in [3.8, 4) is 17.2 Å². The molecule has 9 nitrogen and oxygen atoms in total. The summed E-state index contributed by atoms with van der Waals surface area (Å²) in [6.45, 7) is 1.78. The largest absolute Gasteiger partial charge is 0.497 e. The quantitative estimate of drug-likeness (QED) is 0.516. The van der Waals surface area contributed by atoms with Gasteiger partial charge in [0.2, 0.25) is 5.91 Å². The first-order valence-electron chi connectivity index (χ1n) is 9.52. The van der Waals surface area contributed by atoms with Gasteiger partial charge in [0.25, 0.3) is 5.56 Å². The molecule has 0 saturated heterocycles. The molecule has 0 spiro atoms. The predicted octanol–water partition coefficient (Wildman–Crippen LogP) is 2.55. The number of nitrogens with one attached hydrogen (secondary N) is 1. The van der Waals surface area contributed by atoms with E-state index in [-0.39, 0.29) is 12.1 Å². The van der Waals surface area contributed by atoms with Crippen LogP contribution in [0.5, 0.6) is 11.5 Å². The van der Waals surface area contributed by atoms with Gasteiger partial charge in [0.15, 0.2) is 5.65 Å². The van der Waals surface area contributed by atoms with E-state index >= 15 is 0 Å². The van der Waals surface area contributed by atoms with Crippen LogP contribution >= 0.6 is 0 Å². The average molecular weight is 419 g/mol. The molecule has 0 aliphatic rings. The zero-order valence-electron chi connectivity index (χ0n) is 17.3. The van der Waals surface area contributed by atoms with E-state index in [1.165, 1.54) is 31.3 Å². The molecule has 4 rings (SSSR count). The molecule has 0 fully saturated rings. The number of anilines is 1. The smallest absolute Gasteiger partial charge is 0.264 e. The van der Waals surface area contributed by atoms with E-state index in [0.717, 1.165) is 11.3 Å². The highest BCUT2D eigenvalue weighted by Crippen LogP contribution is 2.28. The molecule has 0 aliphatic carbocycles. The van der Waals surface area contributed by atoms with Gasteiger partial charge in [0.1, 0.15) is 29.8 Å². The van der Waals surface area contributed by atoms with Gasteiger partial charge in [-0.3, -0.25) is 14.2 Å². The summed E-state index contributed by atoms with van der Waals surface area (Å²) in [7, 11) is 3.04. The number of fused-ring (bicyclic) bond motifs is 1. The number of methoxy groups -OCH3 is 2. The standard InChI is InChI=1S/C22H21N5O4/c1-14-4-6-15(7-5-14)27-21-17(11-24-27)22(29)26(13-23-21)12-20(28)25-18-10-16(30-2)8-9-19(18)31-3/h4-11,13H,12H2,1-3H3,(H,25,28). The van der Waals surface area contributed by atoms with Crippen molar-refractivity contribution in [3.63, 3.8) is 0 Å². The van der Waals surface area contributed by atoms with E-state index in [1.54, 1.807) is 22.9 Å². The lowest BCUT2D eigenvalue weighted by atomic mass is 10.2. The number of benzene rings is 2. The van der Waals surface area contributed by atoms with E-state index in [4.69, 9.17) is 9.47 Å². The van der Waals surface area contributed by atoms with E-state index in [2.05, 4.69) is 15.4 Å². The van der Waals surface area contributed by atoms with Crippen molar-refractivity contribution in [1.29, 1.82) is 0 Å². The Kier molecular flexibility index (Phi) is 5.40. The number of amides is 1. The van der Waals surface area contributed by atoms with Crippen LogP contribution in [0, 0.1) is 6.92 Å². The average Bonchev–Trinajstić information content (AvgIpc) is 3.21. The van der Waals surface area contributed by atoms with Gasteiger partial charge >= 0.3 is 0 Å². The van der Waals surface area contributed by atoms with E-state index in [1.807, 2.05) is 31.2 Å². The molecule has 0 radical (unpaired) electrons. The van der Waals surface area contributed by atoms with E-state index in [9.17, 15) is 9.59 Å². The zero-order chi connectivity index (χ0) is 22.0. The van der Waals surface area contributed by atoms with Crippen LogP contribution in [0.25, 0.3) is 16.7 Å². The van der Waals surface area contributed by atoms with Gasteiger partial charge in [-0.15, -0.1) is 0 Å². The van der Waals surface area contributed by atoms with E-state index in [0.29, 0.717) is 28.2 Å². The number of ether oxygens (including phenoxy) is 2. The van der Waals surface area contributed by atoms with Crippen LogP contribution in [0.15, 0.2) is 59.8 Å². The second-order valence-electron chi connectivity index (χ2n) is 6.92. The third-order valence-electron chi connectivity index (χ3n) is 4.83. The monoisotopic (exact) mass is 419 g/mol.